The van der Waals surface area contributed by atoms with Crippen LogP contribution in [0.5, 0.6) is 0 Å². The van der Waals surface area contributed by atoms with Crippen LogP contribution in [0.4, 0.5) is 28.4 Å². The molecule has 2 aliphatic carbocycles. The topological polar surface area (TPSA) is 93.5 Å². The molecule has 0 saturated carbocycles. The molecule has 0 spiro atoms. The van der Waals surface area contributed by atoms with E-state index >= 15 is 0 Å². The molecule has 1 amide bonds. The van der Waals surface area contributed by atoms with Crippen molar-refractivity contribution in [2.45, 2.75) is 64.2 Å². The molecule has 12 rings (SSSR count). The van der Waals surface area contributed by atoms with E-state index in [1.165, 1.54) is 84.5 Å². The molecular weight excluding hydrogens is 889 g/mol. The molecule has 0 saturated heterocycles. The van der Waals surface area contributed by atoms with E-state index in [-0.39, 0.29) is 22.1 Å². The molecule has 8 nitrogen and oxygen atoms in total. The molecule has 0 fully saturated rings. The highest BCUT2D eigenvalue weighted by Gasteiger charge is 2.38. The third-order valence-electron chi connectivity index (χ3n) is 15.2. The maximum atomic E-state index is 13.0. The SMILES string of the molecule is CC1(C)c2ccccc2-c2ccc(N3CCCc4cc(/C=C/C=C5\C(=O)N(c6ccccc6)N=C5C(=O)O)ccc43)cc21.CC1(C)c2ccccc2-c2ccc(N3CCCc4cc(/C=C/C=O)ccc43)cc21. The second kappa shape index (κ2) is 18.4. The Hall–Kier alpha value is -8.36. The summed E-state index contributed by atoms with van der Waals surface area (Å²) >= 11 is 0. The van der Waals surface area contributed by atoms with Crippen molar-refractivity contribution in [3.8, 4) is 22.3 Å². The number of hydrazone groups is 1. The first kappa shape index (κ1) is 46.0. The number of hydrogen-bond donors (Lipinski definition) is 1. The number of aldehydes is 1. The number of amides is 1. The number of rotatable bonds is 8. The average Bonchev–Trinajstić information content (AvgIpc) is 3.95. The predicted octanol–water partition coefficient (Wildman–Crippen LogP) is 13.8. The zero-order valence-corrected chi connectivity index (χ0v) is 41.1. The summed E-state index contributed by atoms with van der Waals surface area (Å²) in [5.41, 5.74) is 20.9. The Bertz CT molecular complexity index is 3470. The van der Waals surface area contributed by atoms with Gasteiger partial charge < -0.3 is 14.9 Å². The van der Waals surface area contributed by atoms with Gasteiger partial charge in [0.15, 0.2) is 5.71 Å². The first-order valence-electron chi connectivity index (χ1n) is 24.9. The fourth-order valence-electron chi connectivity index (χ4n) is 11.6. The summed E-state index contributed by atoms with van der Waals surface area (Å²) in [6.45, 7) is 11.3. The highest BCUT2D eigenvalue weighted by Crippen LogP contribution is 2.52. The number of allylic oxidation sites excluding steroid dienone is 3. The quantitative estimate of drug-likeness (QED) is 0.120. The van der Waals surface area contributed by atoms with E-state index in [0.717, 1.165) is 61.2 Å². The van der Waals surface area contributed by atoms with Gasteiger partial charge in [-0.15, -0.1) is 0 Å². The molecule has 72 heavy (non-hydrogen) atoms. The van der Waals surface area contributed by atoms with Crippen molar-refractivity contribution in [3.63, 3.8) is 0 Å². The van der Waals surface area contributed by atoms with E-state index in [1.807, 2.05) is 18.2 Å². The number of hydrogen-bond acceptors (Lipinski definition) is 6. The van der Waals surface area contributed by atoms with Crippen molar-refractivity contribution in [2.75, 3.05) is 27.9 Å². The zero-order chi connectivity index (χ0) is 49.7. The fraction of sp³-hybridized carbons (Fsp3) is 0.188. The number of para-hydroxylation sites is 1. The minimum absolute atomic E-state index is 0.0179. The second-order valence-electron chi connectivity index (χ2n) is 20.2. The van der Waals surface area contributed by atoms with Crippen molar-refractivity contribution in [1.82, 2.24) is 0 Å². The van der Waals surface area contributed by atoms with E-state index in [2.05, 4.69) is 164 Å². The first-order valence-corrected chi connectivity index (χ1v) is 24.9. The van der Waals surface area contributed by atoms with Gasteiger partial charge in [-0.25, -0.2) is 4.79 Å². The lowest BCUT2D eigenvalue weighted by Gasteiger charge is -2.33. The molecule has 7 aromatic carbocycles. The van der Waals surface area contributed by atoms with Gasteiger partial charge in [0, 0.05) is 46.7 Å². The normalized spacial score (nSPS) is 17.2. The van der Waals surface area contributed by atoms with Gasteiger partial charge in [0.2, 0.25) is 0 Å². The summed E-state index contributed by atoms with van der Waals surface area (Å²) < 4.78 is 0. The molecule has 5 aliphatic rings. The van der Waals surface area contributed by atoms with E-state index < -0.39 is 11.9 Å². The number of anilines is 5. The monoisotopic (exact) mass is 944 g/mol. The number of aryl methyl sites for hydroxylation is 2. The summed E-state index contributed by atoms with van der Waals surface area (Å²) in [7, 11) is 0. The summed E-state index contributed by atoms with van der Waals surface area (Å²) in [6.07, 6.45) is 13.7. The van der Waals surface area contributed by atoms with E-state index in [9.17, 15) is 19.5 Å². The van der Waals surface area contributed by atoms with Crippen LogP contribution in [0.15, 0.2) is 181 Å². The van der Waals surface area contributed by atoms with Crippen molar-refractivity contribution in [1.29, 1.82) is 0 Å². The molecule has 0 unspecified atom stereocenters. The third-order valence-corrected chi connectivity index (χ3v) is 15.2. The zero-order valence-electron chi connectivity index (χ0n) is 41.1. The van der Waals surface area contributed by atoms with Crippen molar-refractivity contribution >= 4 is 64.5 Å². The lowest BCUT2D eigenvalue weighted by atomic mass is 9.82. The average molecular weight is 945 g/mol. The number of carbonyl (C=O) groups excluding carboxylic acids is 2. The van der Waals surface area contributed by atoms with Crippen molar-refractivity contribution in [2.24, 2.45) is 5.10 Å². The standard InChI is InChI=1S/C37H31N3O3.C27H25NO/c1-37(2)31-16-7-6-14-28(31)29-19-18-27(23-32(29)37)39-21-9-11-25-22-24(17-20-33(25)39)10-8-15-30-34(36(42)43)38-40(35(30)41)26-12-4-3-5-13-26;1-27(2)24-10-4-3-9-22(24)23-13-12-21(18-25(23)27)28-15-5-8-20-17-19(7-6-16-29)11-14-26(20)28/h3-8,10,12-20,22-23H,9,11,21H2,1-2H3,(H,42,43);3-4,6-7,9-14,16-18H,5,8,15H2,1-2H3/b10-8+,30-15-;7-6+. The molecule has 356 valence electrons. The van der Waals surface area contributed by atoms with Crippen molar-refractivity contribution < 1.29 is 19.5 Å². The van der Waals surface area contributed by atoms with E-state index in [0.29, 0.717) is 5.69 Å². The maximum absolute atomic E-state index is 13.0. The van der Waals surface area contributed by atoms with E-state index in [4.69, 9.17) is 0 Å². The number of aliphatic carboxylic acids is 1. The number of carboxylic acids is 1. The Morgan fingerprint density at radius 1 is 0.556 bits per heavy atom. The third kappa shape index (κ3) is 8.07. The minimum atomic E-state index is -1.24. The predicted molar refractivity (Wildman–Crippen MR) is 293 cm³/mol. The van der Waals surface area contributed by atoms with Gasteiger partial charge in [-0.05, 0) is 165 Å². The molecule has 0 radical (unpaired) electrons. The largest absolute Gasteiger partial charge is 0.476 e. The molecule has 1 N–H and O–H groups in total. The van der Waals surface area contributed by atoms with Crippen LogP contribution in [-0.4, -0.2) is 42.1 Å². The number of carboxylic acid groups (broad SMARTS) is 1. The molecule has 0 atom stereocenters. The van der Waals surface area contributed by atoms with Crippen molar-refractivity contribution in [3.05, 3.63) is 220 Å². The summed E-state index contributed by atoms with van der Waals surface area (Å²) in [6, 6.07) is 53.1. The molecule has 7 aromatic rings. The molecule has 3 aliphatic heterocycles. The van der Waals surface area contributed by atoms with Gasteiger partial charge in [0.25, 0.3) is 5.91 Å². The Labute approximate surface area is 421 Å². The van der Waals surface area contributed by atoms with Crippen LogP contribution in [0.2, 0.25) is 0 Å². The van der Waals surface area contributed by atoms with Crippen LogP contribution in [0.3, 0.4) is 0 Å². The summed E-state index contributed by atoms with van der Waals surface area (Å²) in [4.78, 5) is 40.4. The summed E-state index contributed by atoms with van der Waals surface area (Å²) in [5.74, 6) is -1.70. The maximum Gasteiger partial charge on any atom is 0.357 e. The Kier molecular flexibility index (Phi) is 11.8. The van der Waals surface area contributed by atoms with Crippen LogP contribution < -0.4 is 14.8 Å². The Morgan fingerprint density at radius 2 is 1.04 bits per heavy atom. The highest BCUT2D eigenvalue weighted by atomic mass is 16.4. The van der Waals surface area contributed by atoms with Gasteiger partial charge in [-0.3, -0.25) is 9.59 Å². The molecular formula is C64H56N4O4. The number of fused-ring (bicyclic) bond motifs is 8. The van der Waals surface area contributed by atoms with Gasteiger partial charge in [0.1, 0.15) is 6.29 Å². The molecule has 0 aromatic heterocycles. The van der Waals surface area contributed by atoms with E-state index in [1.54, 1.807) is 36.4 Å². The second-order valence-corrected chi connectivity index (χ2v) is 20.2. The van der Waals surface area contributed by atoms with Crippen LogP contribution in [-0.2, 0) is 38.1 Å². The smallest absolute Gasteiger partial charge is 0.357 e. The van der Waals surface area contributed by atoms with Crippen LogP contribution in [0.1, 0.15) is 85.0 Å². The van der Waals surface area contributed by atoms with Gasteiger partial charge in [-0.1, -0.05) is 137 Å². The minimum Gasteiger partial charge on any atom is -0.476 e. The Morgan fingerprint density at radius 3 is 1.56 bits per heavy atom. The van der Waals surface area contributed by atoms with Gasteiger partial charge in [0.05, 0.1) is 11.3 Å². The number of benzene rings is 7. The van der Waals surface area contributed by atoms with Crippen LogP contribution in [0, 0.1) is 0 Å². The van der Waals surface area contributed by atoms with Gasteiger partial charge in [-0.2, -0.15) is 10.1 Å². The molecule has 0 bridgehead atoms. The van der Waals surface area contributed by atoms with Crippen LogP contribution >= 0.6 is 0 Å². The fourth-order valence-corrected chi connectivity index (χ4v) is 11.6. The van der Waals surface area contributed by atoms with Crippen LogP contribution in [0.25, 0.3) is 34.4 Å². The molecule has 3 heterocycles. The number of nitrogens with zero attached hydrogens (tertiary/aromatic N) is 4. The lowest BCUT2D eigenvalue weighted by molar-refractivity contribution is -0.129. The van der Waals surface area contributed by atoms with Gasteiger partial charge >= 0.3 is 5.97 Å². The summed E-state index contributed by atoms with van der Waals surface area (Å²) in [5, 5.41) is 14.9. The molecule has 8 heteroatoms. The number of carbonyl (C=O) groups is 3. The Balaban J connectivity index is 0.000000168. The first-order chi connectivity index (χ1) is 34.9. The lowest BCUT2D eigenvalue weighted by Crippen LogP contribution is -2.25. The highest BCUT2D eigenvalue weighted by molar-refractivity contribution is 6.52.